The maximum Gasteiger partial charge on any atom is 0.337 e. The fourth-order valence-corrected chi connectivity index (χ4v) is 4.26. The van der Waals surface area contributed by atoms with Gasteiger partial charge < -0.3 is 9.30 Å². The minimum atomic E-state index is -3.87. The number of nitrogens with two attached hydrogens (primary N) is 1. The molecule has 0 bridgehead atoms. The van der Waals surface area contributed by atoms with Crippen LogP contribution >= 0.6 is 11.3 Å². The second-order valence-electron chi connectivity index (χ2n) is 5.84. The molecule has 1 aromatic heterocycles. The lowest BCUT2D eigenvalue weighted by Gasteiger charge is -2.02. The topological polar surface area (TPSA) is 121 Å². The van der Waals surface area contributed by atoms with E-state index < -0.39 is 21.9 Å². The number of aromatic nitrogens is 1. The molecule has 29 heavy (non-hydrogen) atoms. The molecular weight excluding hydrogens is 414 g/mol. The van der Waals surface area contributed by atoms with Crippen LogP contribution in [0.2, 0.25) is 0 Å². The summed E-state index contributed by atoms with van der Waals surface area (Å²) < 4.78 is 30.0. The summed E-state index contributed by atoms with van der Waals surface area (Å²) in [7, 11) is -2.60. The van der Waals surface area contributed by atoms with E-state index in [-0.39, 0.29) is 17.0 Å². The molecule has 2 N–H and O–H groups in total. The van der Waals surface area contributed by atoms with Crippen LogP contribution in [-0.4, -0.2) is 32.0 Å². The Morgan fingerprint density at radius 2 is 1.86 bits per heavy atom. The van der Waals surface area contributed by atoms with E-state index in [9.17, 15) is 18.0 Å². The van der Waals surface area contributed by atoms with Gasteiger partial charge in [-0.15, -0.1) is 6.42 Å². The number of amides is 1. The SMILES string of the molecule is C#CCn1c(=NC(=O)c2ccc(C(=O)OC)cc2)sc2cc(S(N)(=O)=O)ccc21. The molecule has 10 heteroatoms. The van der Waals surface area contributed by atoms with Gasteiger partial charge in [0.2, 0.25) is 10.0 Å². The van der Waals surface area contributed by atoms with Gasteiger partial charge in [-0.2, -0.15) is 4.99 Å². The Labute approximate surface area is 170 Å². The van der Waals surface area contributed by atoms with Crippen LogP contribution in [0.4, 0.5) is 0 Å². The molecule has 1 heterocycles. The zero-order valence-electron chi connectivity index (χ0n) is 15.2. The summed E-state index contributed by atoms with van der Waals surface area (Å²) in [5.41, 5.74) is 1.21. The minimum Gasteiger partial charge on any atom is -0.465 e. The van der Waals surface area contributed by atoms with Gasteiger partial charge in [0, 0.05) is 5.56 Å². The monoisotopic (exact) mass is 429 g/mol. The fraction of sp³-hybridized carbons (Fsp3) is 0.105. The Kier molecular flexibility index (Phi) is 5.65. The number of benzene rings is 2. The van der Waals surface area contributed by atoms with Crippen molar-refractivity contribution in [3.63, 3.8) is 0 Å². The number of fused-ring (bicyclic) bond motifs is 1. The van der Waals surface area contributed by atoms with Crippen molar-refractivity contribution in [1.82, 2.24) is 4.57 Å². The maximum absolute atomic E-state index is 12.6. The van der Waals surface area contributed by atoms with E-state index in [0.29, 0.717) is 20.6 Å². The van der Waals surface area contributed by atoms with Gasteiger partial charge in [0.05, 0.1) is 34.3 Å². The number of hydrogen-bond acceptors (Lipinski definition) is 6. The Bertz CT molecular complexity index is 1330. The molecule has 1 amide bonds. The first kappa shape index (κ1) is 20.5. The lowest BCUT2D eigenvalue weighted by molar-refractivity contribution is 0.0600. The minimum absolute atomic E-state index is 0.0459. The molecule has 0 aliphatic rings. The number of nitrogens with zero attached hydrogens (tertiary/aromatic N) is 2. The van der Waals surface area contributed by atoms with Crippen LogP contribution in [-0.2, 0) is 21.3 Å². The third kappa shape index (κ3) is 4.27. The zero-order chi connectivity index (χ0) is 21.2. The lowest BCUT2D eigenvalue weighted by Crippen LogP contribution is -2.16. The number of esters is 1. The third-order valence-electron chi connectivity index (χ3n) is 3.98. The number of carbonyl (C=O) groups excluding carboxylic acids is 2. The smallest absolute Gasteiger partial charge is 0.337 e. The Morgan fingerprint density at radius 3 is 2.45 bits per heavy atom. The number of carbonyl (C=O) groups is 2. The molecule has 0 spiro atoms. The van der Waals surface area contributed by atoms with Crippen LogP contribution in [0.25, 0.3) is 10.2 Å². The fourth-order valence-electron chi connectivity index (χ4n) is 2.58. The van der Waals surface area contributed by atoms with E-state index in [1.54, 1.807) is 10.6 Å². The molecule has 0 unspecified atom stereocenters. The number of primary sulfonamides is 1. The predicted octanol–water partition coefficient (Wildman–Crippen LogP) is 1.51. The molecule has 2 aromatic carbocycles. The number of thiazole rings is 1. The highest BCUT2D eigenvalue weighted by Gasteiger charge is 2.14. The van der Waals surface area contributed by atoms with Crippen molar-refractivity contribution in [2.24, 2.45) is 10.1 Å². The number of sulfonamides is 1. The number of ether oxygens (including phenoxy) is 1. The van der Waals surface area contributed by atoms with Crippen molar-refractivity contribution >= 4 is 43.5 Å². The molecule has 0 fully saturated rings. The van der Waals surface area contributed by atoms with Crippen molar-refractivity contribution in [2.45, 2.75) is 11.4 Å². The van der Waals surface area contributed by atoms with Gasteiger partial charge in [0.15, 0.2) is 4.80 Å². The summed E-state index contributed by atoms with van der Waals surface area (Å²) in [6.45, 7) is 0.141. The van der Waals surface area contributed by atoms with Gasteiger partial charge in [-0.05, 0) is 42.5 Å². The molecule has 148 valence electrons. The number of hydrogen-bond donors (Lipinski definition) is 1. The zero-order valence-corrected chi connectivity index (χ0v) is 16.8. The number of terminal acetylenes is 1. The van der Waals surface area contributed by atoms with E-state index >= 15 is 0 Å². The van der Waals surface area contributed by atoms with Crippen LogP contribution in [0.5, 0.6) is 0 Å². The Balaban J connectivity index is 2.08. The molecular formula is C19H15N3O5S2. The molecule has 0 aliphatic heterocycles. The highest BCUT2D eigenvalue weighted by Crippen LogP contribution is 2.21. The highest BCUT2D eigenvalue weighted by atomic mass is 32.2. The van der Waals surface area contributed by atoms with Gasteiger partial charge in [-0.3, -0.25) is 4.79 Å². The molecule has 0 atom stereocenters. The standard InChI is InChI=1S/C19H15N3O5S2/c1-3-10-22-15-9-8-14(29(20,25)26)11-16(15)28-19(22)21-17(23)12-4-6-13(7-5-12)18(24)27-2/h1,4-9,11H,10H2,2H3,(H2,20,25,26). The lowest BCUT2D eigenvalue weighted by atomic mass is 10.1. The van der Waals surface area contributed by atoms with Crippen LogP contribution in [0, 0.1) is 12.3 Å². The first-order valence-electron chi connectivity index (χ1n) is 8.11. The summed E-state index contributed by atoms with van der Waals surface area (Å²) >= 11 is 1.11. The normalized spacial score (nSPS) is 12.0. The average molecular weight is 429 g/mol. The molecule has 0 saturated heterocycles. The molecule has 3 aromatic rings. The van der Waals surface area contributed by atoms with E-state index in [4.69, 9.17) is 11.6 Å². The molecule has 0 aliphatic carbocycles. The quantitative estimate of drug-likeness (QED) is 0.498. The summed E-state index contributed by atoms with van der Waals surface area (Å²) in [5.74, 6) is 1.44. The van der Waals surface area contributed by atoms with Gasteiger partial charge in [0.25, 0.3) is 5.91 Å². The van der Waals surface area contributed by atoms with Crippen molar-refractivity contribution < 1.29 is 22.7 Å². The predicted molar refractivity (Wildman–Crippen MR) is 108 cm³/mol. The van der Waals surface area contributed by atoms with E-state index in [0.717, 1.165) is 11.3 Å². The van der Waals surface area contributed by atoms with Crippen molar-refractivity contribution in [2.75, 3.05) is 7.11 Å². The first-order chi connectivity index (χ1) is 13.7. The van der Waals surface area contributed by atoms with Crippen LogP contribution in [0.15, 0.2) is 52.4 Å². The van der Waals surface area contributed by atoms with E-state index in [1.807, 2.05) is 0 Å². The number of methoxy groups -OCH3 is 1. The van der Waals surface area contributed by atoms with Crippen LogP contribution in [0.1, 0.15) is 20.7 Å². The summed E-state index contributed by atoms with van der Waals surface area (Å²) in [4.78, 5) is 28.5. The maximum atomic E-state index is 12.6. The molecule has 0 saturated carbocycles. The molecule has 8 nitrogen and oxygen atoms in total. The van der Waals surface area contributed by atoms with Crippen LogP contribution < -0.4 is 9.94 Å². The summed E-state index contributed by atoms with van der Waals surface area (Å²) in [6, 6.07) is 10.2. The molecule has 0 radical (unpaired) electrons. The van der Waals surface area contributed by atoms with E-state index in [1.165, 1.54) is 43.5 Å². The van der Waals surface area contributed by atoms with Crippen molar-refractivity contribution in [3.8, 4) is 12.3 Å². The molecule has 3 rings (SSSR count). The van der Waals surface area contributed by atoms with Gasteiger partial charge >= 0.3 is 5.97 Å². The average Bonchev–Trinajstić information content (AvgIpc) is 3.03. The largest absolute Gasteiger partial charge is 0.465 e. The van der Waals surface area contributed by atoms with Gasteiger partial charge in [0.1, 0.15) is 0 Å². The Morgan fingerprint density at radius 1 is 1.21 bits per heavy atom. The highest BCUT2D eigenvalue weighted by molar-refractivity contribution is 7.89. The van der Waals surface area contributed by atoms with Crippen molar-refractivity contribution in [3.05, 3.63) is 58.4 Å². The summed E-state index contributed by atoms with van der Waals surface area (Å²) in [5, 5.41) is 5.18. The Hall–Kier alpha value is -3.26. The second kappa shape index (κ2) is 8.00. The first-order valence-corrected chi connectivity index (χ1v) is 10.5. The van der Waals surface area contributed by atoms with Crippen molar-refractivity contribution in [1.29, 1.82) is 0 Å². The summed E-state index contributed by atoms with van der Waals surface area (Å²) in [6.07, 6.45) is 5.43. The third-order valence-corrected chi connectivity index (χ3v) is 5.93. The van der Waals surface area contributed by atoms with Gasteiger partial charge in [-0.1, -0.05) is 17.3 Å². The van der Waals surface area contributed by atoms with Crippen LogP contribution in [0.3, 0.4) is 0 Å². The van der Waals surface area contributed by atoms with E-state index in [2.05, 4.69) is 15.6 Å². The van der Waals surface area contributed by atoms with Gasteiger partial charge in [-0.25, -0.2) is 18.4 Å². The second-order valence-corrected chi connectivity index (χ2v) is 8.41. The number of rotatable bonds is 4.